The summed E-state index contributed by atoms with van der Waals surface area (Å²) in [7, 11) is 1.74. The fraction of sp³-hybridized carbons (Fsp3) is 0.214. The molecule has 94 valence electrons. The molecule has 4 heteroatoms. The van der Waals surface area contributed by atoms with Gasteiger partial charge in [0.25, 0.3) is 5.56 Å². The molecule has 0 aliphatic carbocycles. The van der Waals surface area contributed by atoms with E-state index in [2.05, 4.69) is 0 Å². The van der Waals surface area contributed by atoms with E-state index < -0.39 is 0 Å². The number of halogens is 2. The highest BCUT2D eigenvalue weighted by Crippen LogP contribution is 2.24. The topological polar surface area (TPSA) is 22.0 Å². The molecular formula is C14H13FINO. The van der Waals surface area contributed by atoms with E-state index in [-0.39, 0.29) is 11.4 Å². The van der Waals surface area contributed by atoms with Gasteiger partial charge >= 0.3 is 0 Å². The highest BCUT2D eigenvalue weighted by molar-refractivity contribution is 14.1. The van der Waals surface area contributed by atoms with Gasteiger partial charge in [-0.3, -0.25) is 4.79 Å². The minimum atomic E-state index is -0.244. The summed E-state index contributed by atoms with van der Waals surface area (Å²) in [6.45, 7) is 1.98. The van der Waals surface area contributed by atoms with Crippen molar-refractivity contribution in [1.29, 1.82) is 0 Å². The molecule has 0 aliphatic rings. The molecule has 0 radical (unpaired) electrons. The second-order valence-electron chi connectivity index (χ2n) is 4.09. The van der Waals surface area contributed by atoms with Crippen molar-refractivity contribution in [3.8, 4) is 11.3 Å². The Bertz CT molecular complexity index is 649. The Labute approximate surface area is 119 Å². The van der Waals surface area contributed by atoms with Crippen molar-refractivity contribution >= 4 is 22.6 Å². The number of rotatable bonds is 2. The van der Waals surface area contributed by atoms with Gasteiger partial charge in [0.15, 0.2) is 0 Å². The number of hydrogen-bond acceptors (Lipinski definition) is 1. The summed E-state index contributed by atoms with van der Waals surface area (Å²) in [6.07, 6.45) is 0.729. The van der Waals surface area contributed by atoms with Gasteiger partial charge in [-0.15, -0.1) is 0 Å². The summed E-state index contributed by atoms with van der Waals surface area (Å²) < 4.78 is 15.5. The zero-order valence-electron chi connectivity index (χ0n) is 10.2. The average molecular weight is 357 g/mol. The van der Waals surface area contributed by atoms with Gasteiger partial charge in [-0.1, -0.05) is 6.92 Å². The second kappa shape index (κ2) is 5.22. The Kier molecular flexibility index (Phi) is 3.85. The van der Waals surface area contributed by atoms with Gasteiger partial charge in [0.05, 0.1) is 9.26 Å². The number of aryl methyl sites for hydroxylation is 1. The van der Waals surface area contributed by atoms with E-state index in [1.807, 2.05) is 35.6 Å². The number of hydrogen-bond donors (Lipinski definition) is 0. The first-order valence-electron chi connectivity index (χ1n) is 5.69. The van der Waals surface area contributed by atoms with Crippen LogP contribution in [0.2, 0.25) is 0 Å². The van der Waals surface area contributed by atoms with Crippen LogP contribution < -0.4 is 5.56 Å². The smallest absolute Gasteiger partial charge is 0.264 e. The molecule has 18 heavy (non-hydrogen) atoms. The summed E-state index contributed by atoms with van der Waals surface area (Å²) in [4.78, 5) is 11.9. The van der Waals surface area contributed by atoms with Crippen LogP contribution in [0.5, 0.6) is 0 Å². The molecule has 2 aromatic rings. The van der Waals surface area contributed by atoms with Gasteiger partial charge in [-0.05, 0) is 64.9 Å². The Hall–Kier alpha value is -1.17. The van der Waals surface area contributed by atoms with Crippen molar-refractivity contribution < 1.29 is 4.39 Å². The first-order valence-corrected chi connectivity index (χ1v) is 6.76. The zero-order chi connectivity index (χ0) is 13.3. The number of nitrogens with zero attached hydrogens (tertiary/aromatic N) is 1. The van der Waals surface area contributed by atoms with Crippen molar-refractivity contribution in [2.45, 2.75) is 13.3 Å². The maximum atomic E-state index is 13.2. The predicted octanol–water partition coefficient (Wildman–Crippen LogP) is 3.36. The van der Waals surface area contributed by atoms with Gasteiger partial charge in [0.1, 0.15) is 5.82 Å². The summed E-state index contributed by atoms with van der Waals surface area (Å²) in [5, 5.41) is 0. The van der Waals surface area contributed by atoms with E-state index in [0.717, 1.165) is 23.2 Å². The van der Waals surface area contributed by atoms with Gasteiger partial charge in [0.2, 0.25) is 0 Å². The zero-order valence-corrected chi connectivity index (χ0v) is 12.4. The van der Waals surface area contributed by atoms with E-state index >= 15 is 0 Å². The lowest BCUT2D eigenvalue weighted by molar-refractivity contribution is 0.626. The van der Waals surface area contributed by atoms with Crippen LogP contribution in [-0.2, 0) is 13.5 Å². The largest absolute Gasteiger partial charge is 0.310 e. The quantitative estimate of drug-likeness (QED) is 0.756. The molecular weight excluding hydrogens is 344 g/mol. The van der Waals surface area contributed by atoms with Crippen LogP contribution in [0.1, 0.15) is 12.5 Å². The van der Waals surface area contributed by atoms with E-state index in [4.69, 9.17) is 0 Å². The third kappa shape index (κ3) is 2.34. The fourth-order valence-electron chi connectivity index (χ4n) is 1.98. The number of pyridine rings is 1. The van der Waals surface area contributed by atoms with Crippen LogP contribution in [0.25, 0.3) is 11.3 Å². The lowest BCUT2D eigenvalue weighted by atomic mass is 10.0. The molecule has 1 aromatic heterocycles. The maximum absolute atomic E-state index is 13.2. The minimum absolute atomic E-state index is 0.0283. The van der Waals surface area contributed by atoms with Crippen LogP contribution in [0.15, 0.2) is 35.1 Å². The van der Waals surface area contributed by atoms with E-state index in [0.29, 0.717) is 3.57 Å². The SMILES string of the molecule is CCc1cc(F)ccc1-c1ccc(I)c(=O)n1C. The summed E-state index contributed by atoms with van der Waals surface area (Å²) >= 11 is 2.02. The van der Waals surface area contributed by atoms with E-state index in [9.17, 15) is 9.18 Å². The van der Waals surface area contributed by atoms with Gasteiger partial charge < -0.3 is 4.57 Å². The molecule has 2 nitrogen and oxygen atoms in total. The molecule has 0 aliphatic heterocycles. The van der Waals surface area contributed by atoms with Crippen LogP contribution in [0.3, 0.4) is 0 Å². The third-order valence-electron chi connectivity index (χ3n) is 2.98. The molecule has 2 rings (SSSR count). The molecule has 1 heterocycles. The van der Waals surface area contributed by atoms with Crippen LogP contribution in [0, 0.1) is 9.39 Å². The van der Waals surface area contributed by atoms with Crippen LogP contribution >= 0.6 is 22.6 Å². The summed E-state index contributed by atoms with van der Waals surface area (Å²) in [5.41, 5.74) is 2.61. The minimum Gasteiger partial charge on any atom is -0.310 e. The van der Waals surface area contributed by atoms with Crippen molar-refractivity contribution in [3.05, 3.63) is 55.6 Å². The van der Waals surface area contributed by atoms with Crippen LogP contribution in [0.4, 0.5) is 4.39 Å². The lowest BCUT2D eigenvalue weighted by Crippen LogP contribution is -2.20. The van der Waals surface area contributed by atoms with Gasteiger partial charge in [-0.25, -0.2) is 4.39 Å². The second-order valence-corrected chi connectivity index (χ2v) is 5.25. The highest BCUT2D eigenvalue weighted by atomic mass is 127. The van der Waals surface area contributed by atoms with Crippen LogP contribution in [-0.4, -0.2) is 4.57 Å². The first-order chi connectivity index (χ1) is 8.54. The molecule has 0 bridgehead atoms. The lowest BCUT2D eigenvalue weighted by Gasteiger charge is -2.12. The molecule has 0 amide bonds. The first kappa shape index (κ1) is 13.3. The summed E-state index contributed by atoms with van der Waals surface area (Å²) in [5.74, 6) is -0.244. The van der Waals surface area contributed by atoms with Crippen molar-refractivity contribution in [3.63, 3.8) is 0 Å². The van der Waals surface area contributed by atoms with Crippen molar-refractivity contribution in [1.82, 2.24) is 4.57 Å². The standard InChI is InChI=1S/C14H13FINO/c1-3-9-8-10(15)4-5-11(9)13-7-6-12(16)14(18)17(13)2/h4-8H,3H2,1-2H3. The molecule has 0 unspecified atom stereocenters. The molecule has 0 fully saturated rings. The molecule has 0 atom stereocenters. The normalized spacial score (nSPS) is 10.7. The molecule has 0 spiro atoms. The van der Waals surface area contributed by atoms with Crippen molar-refractivity contribution in [2.24, 2.45) is 7.05 Å². The summed E-state index contributed by atoms with van der Waals surface area (Å²) in [6, 6.07) is 8.38. The Morgan fingerprint density at radius 3 is 2.67 bits per heavy atom. The predicted molar refractivity (Wildman–Crippen MR) is 79.2 cm³/mol. The Morgan fingerprint density at radius 2 is 2.00 bits per heavy atom. The average Bonchev–Trinajstić information content (AvgIpc) is 2.37. The number of aromatic nitrogens is 1. The molecule has 0 N–H and O–H groups in total. The third-order valence-corrected chi connectivity index (χ3v) is 3.80. The number of benzene rings is 1. The van der Waals surface area contributed by atoms with Crippen molar-refractivity contribution in [2.75, 3.05) is 0 Å². The fourth-order valence-corrected chi connectivity index (χ4v) is 2.52. The highest BCUT2D eigenvalue weighted by Gasteiger charge is 2.10. The molecule has 1 aromatic carbocycles. The molecule has 0 saturated heterocycles. The van der Waals surface area contributed by atoms with Gasteiger partial charge in [0, 0.05) is 12.6 Å². The molecule has 0 saturated carbocycles. The van der Waals surface area contributed by atoms with E-state index in [1.165, 1.54) is 12.1 Å². The Morgan fingerprint density at radius 1 is 1.28 bits per heavy atom. The van der Waals surface area contributed by atoms with E-state index in [1.54, 1.807) is 23.7 Å². The Balaban J connectivity index is 2.70. The van der Waals surface area contributed by atoms with Gasteiger partial charge in [-0.2, -0.15) is 0 Å². The monoisotopic (exact) mass is 357 g/mol. The maximum Gasteiger partial charge on any atom is 0.264 e.